The molecule has 20 heavy (non-hydrogen) atoms. The second-order valence-corrected chi connectivity index (χ2v) is 5.46. The SMILES string of the molecule is CC(Cc1ccccc1)C(=O)NCCC1(C)OCCO1. The van der Waals surface area contributed by atoms with Crippen LogP contribution in [0.25, 0.3) is 0 Å². The van der Waals surface area contributed by atoms with Gasteiger partial charge in [-0.25, -0.2) is 0 Å². The largest absolute Gasteiger partial charge is 0.356 e. The lowest BCUT2D eigenvalue weighted by atomic mass is 10.0. The zero-order chi connectivity index (χ0) is 14.4. The minimum atomic E-state index is -0.532. The van der Waals surface area contributed by atoms with E-state index in [1.807, 2.05) is 44.2 Å². The Hall–Kier alpha value is -1.39. The topological polar surface area (TPSA) is 47.6 Å². The van der Waals surface area contributed by atoms with Gasteiger partial charge in [0.05, 0.1) is 13.2 Å². The fourth-order valence-corrected chi connectivity index (χ4v) is 2.35. The van der Waals surface area contributed by atoms with Crippen LogP contribution >= 0.6 is 0 Å². The normalized spacial score (nSPS) is 18.7. The van der Waals surface area contributed by atoms with Gasteiger partial charge in [0, 0.05) is 18.9 Å². The van der Waals surface area contributed by atoms with Gasteiger partial charge < -0.3 is 14.8 Å². The smallest absolute Gasteiger partial charge is 0.223 e. The molecular weight excluding hydrogens is 254 g/mol. The Bertz CT molecular complexity index is 427. The first-order chi connectivity index (χ1) is 9.59. The maximum Gasteiger partial charge on any atom is 0.223 e. The van der Waals surface area contributed by atoms with Crippen molar-refractivity contribution in [3.63, 3.8) is 0 Å². The van der Waals surface area contributed by atoms with Crippen LogP contribution in [0.5, 0.6) is 0 Å². The molecule has 1 amide bonds. The molecule has 0 spiro atoms. The predicted molar refractivity (Wildman–Crippen MR) is 77.2 cm³/mol. The van der Waals surface area contributed by atoms with Crippen LogP contribution in [0.4, 0.5) is 0 Å². The summed E-state index contributed by atoms with van der Waals surface area (Å²) in [6.07, 6.45) is 1.44. The lowest BCUT2D eigenvalue weighted by Gasteiger charge is -2.22. The van der Waals surface area contributed by atoms with Crippen molar-refractivity contribution < 1.29 is 14.3 Å². The average Bonchev–Trinajstić information content (AvgIpc) is 2.86. The molecule has 1 aliphatic rings. The van der Waals surface area contributed by atoms with Crippen LogP contribution in [0.1, 0.15) is 25.8 Å². The van der Waals surface area contributed by atoms with Crippen molar-refractivity contribution in [1.29, 1.82) is 0 Å². The third-order valence-corrected chi connectivity index (χ3v) is 3.61. The van der Waals surface area contributed by atoms with Crippen LogP contribution in [0, 0.1) is 5.92 Å². The van der Waals surface area contributed by atoms with Gasteiger partial charge >= 0.3 is 0 Å². The number of hydrogen-bond donors (Lipinski definition) is 1. The highest BCUT2D eigenvalue weighted by molar-refractivity contribution is 5.78. The minimum absolute atomic E-state index is 0.0318. The number of rotatable bonds is 6. The van der Waals surface area contributed by atoms with Gasteiger partial charge in [0.1, 0.15) is 0 Å². The maximum absolute atomic E-state index is 12.0. The van der Waals surface area contributed by atoms with E-state index in [1.165, 1.54) is 5.56 Å². The van der Waals surface area contributed by atoms with Crippen molar-refractivity contribution in [2.75, 3.05) is 19.8 Å². The van der Waals surface area contributed by atoms with Gasteiger partial charge in [-0.1, -0.05) is 37.3 Å². The Labute approximate surface area is 120 Å². The predicted octanol–water partition coefficient (Wildman–Crippen LogP) is 2.13. The summed E-state index contributed by atoms with van der Waals surface area (Å²) in [5, 5.41) is 2.96. The molecule has 0 bridgehead atoms. The Balaban J connectivity index is 1.71. The molecule has 1 N–H and O–H groups in total. The number of benzene rings is 1. The third-order valence-electron chi connectivity index (χ3n) is 3.61. The van der Waals surface area contributed by atoms with E-state index in [9.17, 15) is 4.79 Å². The fraction of sp³-hybridized carbons (Fsp3) is 0.562. The van der Waals surface area contributed by atoms with Crippen molar-refractivity contribution in [2.24, 2.45) is 5.92 Å². The molecular formula is C16H23NO3. The van der Waals surface area contributed by atoms with Gasteiger partial charge in [-0.15, -0.1) is 0 Å². The molecule has 2 rings (SSSR count). The van der Waals surface area contributed by atoms with Crippen LogP contribution in [0.15, 0.2) is 30.3 Å². The summed E-state index contributed by atoms with van der Waals surface area (Å²) in [6, 6.07) is 10.1. The van der Waals surface area contributed by atoms with E-state index >= 15 is 0 Å². The molecule has 110 valence electrons. The summed E-state index contributed by atoms with van der Waals surface area (Å²) in [4.78, 5) is 12.0. The molecule has 1 unspecified atom stereocenters. The van der Waals surface area contributed by atoms with Gasteiger partial charge in [0.15, 0.2) is 5.79 Å². The Morgan fingerprint density at radius 2 is 1.95 bits per heavy atom. The summed E-state index contributed by atoms with van der Waals surface area (Å²) in [5.74, 6) is -0.485. The van der Waals surface area contributed by atoms with Crippen molar-refractivity contribution >= 4 is 5.91 Å². The van der Waals surface area contributed by atoms with E-state index in [4.69, 9.17) is 9.47 Å². The average molecular weight is 277 g/mol. The summed E-state index contributed by atoms with van der Waals surface area (Å²) >= 11 is 0. The first kappa shape index (κ1) is 15.0. The molecule has 1 fully saturated rings. The number of amides is 1. The number of carbonyl (C=O) groups excluding carboxylic acids is 1. The molecule has 1 saturated heterocycles. The lowest BCUT2D eigenvalue weighted by Crippen LogP contribution is -2.36. The van der Waals surface area contributed by atoms with Crippen LogP contribution in [-0.2, 0) is 20.7 Å². The third kappa shape index (κ3) is 4.32. The highest BCUT2D eigenvalue weighted by Crippen LogP contribution is 2.21. The van der Waals surface area contributed by atoms with E-state index in [0.717, 1.165) is 6.42 Å². The first-order valence-corrected chi connectivity index (χ1v) is 7.19. The zero-order valence-electron chi connectivity index (χ0n) is 12.2. The van der Waals surface area contributed by atoms with Crippen molar-refractivity contribution in [3.05, 3.63) is 35.9 Å². The van der Waals surface area contributed by atoms with Crippen molar-refractivity contribution in [2.45, 2.75) is 32.5 Å². The van der Waals surface area contributed by atoms with E-state index < -0.39 is 5.79 Å². The van der Waals surface area contributed by atoms with Crippen LogP contribution in [-0.4, -0.2) is 31.5 Å². The Morgan fingerprint density at radius 3 is 2.60 bits per heavy atom. The monoisotopic (exact) mass is 277 g/mol. The molecule has 0 radical (unpaired) electrons. The van der Waals surface area contributed by atoms with E-state index in [2.05, 4.69) is 5.32 Å². The minimum Gasteiger partial charge on any atom is -0.356 e. The quantitative estimate of drug-likeness (QED) is 0.866. The van der Waals surface area contributed by atoms with E-state index in [1.54, 1.807) is 0 Å². The van der Waals surface area contributed by atoms with Crippen molar-refractivity contribution in [1.82, 2.24) is 5.32 Å². The lowest BCUT2D eigenvalue weighted by molar-refractivity contribution is -0.146. The van der Waals surface area contributed by atoms with Crippen LogP contribution < -0.4 is 5.32 Å². The summed E-state index contributed by atoms with van der Waals surface area (Å²) in [5.41, 5.74) is 1.18. The van der Waals surface area contributed by atoms with Crippen LogP contribution in [0.2, 0.25) is 0 Å². The van der Waals surface area contributed by atoms with E-state index in [0.29, 0.717) is 26.2 Å². The fourth-order valence-electron chi connectivity index (χ4n) is 2.35. The highest BCUT2D eigenvalue weighted by Gasteiger charge is 2.30. The molecule has 4 heteroatoms. The standard InChI is InChI=1S/C16H23NO3/c1-13(12-14-6-4-3-5-7-14)15(18)17-9-8-16(2)19-10-11-20-16/h3-7,13H,8-12H2,1-2H3,(H,17,18). The molecule has 1 aliphatic heterocycles. The summed E-state index contributed by atoms with van der Waals surface area (Å²) in [6.45, 7) is 5.71. The van der Waals surface area contributed by atoms with E-state index in [-0.39, 0.29) is 11.8 Å². The molecule has 0 aromatic heterocycles. The summed E-state index contributed by atoms with van der Waals surface area (Å²) < 4.78 is 11.0. The zero-order valence-corrected chi connectivity index (χ0v) is 12.2. The molecule has 0 aliphatic carbocycles. The van der Waals surface area contributed by atoms with Gasteiger partial charge in [-0.3, -0.25) is 4.79 Å². The van der Waals surface area contributed by atoms with Gasteiger partial charge in [-0.05, 0) is 18.9 Å². The van der Waals surface area contributed by atoms with Gasteiger partial charge in [-0.2, -0.15) is 0 Å². The Morgan fingerprint density at radius 1 is 1.30 bits per heavy atom. The first-order valence-electron chi connectivity index (χ1n) is 7.19. The van der Waals surface area contributed by atoms with Gasteiger partial charge in [0.2, 0.25) is 5.91 Å². The second kappa shape index (κ2) is 6.86. The molecule has 1 aromatic rings. The molecule has 1 aromatic carbocycles. The highest BCUT2D eigenvalue weighted by atomic mass is 16.7. The molecule has 1 heterocycles. The van der Waals surface area contributed by atoms with Crippen molar-refractivity contribution in [3.8, 4) is 0 Å². The number of nitrogens with one attached hydrogen (secondary N) is 1. The molecule has 1 atom stereocenters. The molecule has 0 saturated carbocycles. The number of carbonyl (C=O) groups is 1. The maximum atomic E-state index is 12.0. The summed E-state index contributed by atoms with van der Waals surface area (Å²) in [7, 11) is 0. The number of ether oxygens (including phenoxy) is 2. The molecule has 4 nitrogen and oxygen atoms in total. The van der Waals surface area contributed by atoms with Crippen LogP contribution in [0.3, 0.4) is 0 Å². The Kier molecular flexibility index (Phi) is 5.15. The second-order valence-electron chi connectivity index (χ2n) is 5.46. The number of hydrogen-bond acceptors (Lipinski definition) is 3. The van der Waals surface area contributed by atoms with Gasteiger partial charge in [0.25, 0.3) is 0 Å².